The topological polar surface area (TPSA) is 377 Å². The molecule has 26 heteroatoms. The molecule has 2 aromatic carbocycles. The van der Waals surface area contributed by atoms with Gasteiger partial charge in [0.15, 0.2) is 0 Å². The molecule has 2 heterocycles. The van der Waals surface area contributed by atoms with Crippen LogP contribution in [-0.4, -0.2) is 168 Å². The highest BCUT2D eigenvalue weighted by Crippen LogP contribution is 2.22. The molecule has 0 saturated carbocycles. The molecule has 12 N–H and O–H groups in total. The van der Waals surface area contributed by atoms with Crippen LogP contribution >= 0.6 is 12.6 Å². The second kappa shape index (κ2) is 31.7. The number of hydrogen-bond donors (Lipinski definition) is 13. The number of carbonyl (C=O) groups is 11. The average molecular weight is 1130 g/mol. The maximum absolute atomic E-state index is 14.8. The second-order valence-electron chi connectivity index (χ2n) is 19.9. The third-order valence-corrected chi connectivity index (χ3v) is 14.1. The van der Waals surface area contributed by atoms with Crippen molar-refractivity contribution in [3.05, 3.63) is 90.0 Å². The van der Waals surface area contributed by atoms with Crippen LogP contribution in [0.25, 0.3) is 0 Å². The number of aliphatic carboxylic acids is 2. The van der Waals surface area contributed by atoms with Crippen LogP contribution in [0.15, 0.2) is 73.2 Å². The number of aromatic amines is 1. The molecule has 9 amide bonds. The summed E-state index contributed by atoms with van der Waals surface area (Å²) in [7, 11) is 0. The van der Waals surface area contributed by atoms with Crippen LogP contribution in [0.4, 0.5) is 0 Å². The van der Waals surface area contributed by atoms with Gasteiger partial charge in [0.05, 0.1) is 18.9 Å². The van der Waals surface area contributed by atoms with Gasteiger partial charge >= 0.3 is 11.9 Å². The van der Waals surface area contributed by atoms with Gasteiger partial charge in [-0.2, -0.15) is 12.6 Å². The minimum atomic E-state index is -1.77. The lowest BCUT2D eigenvalue weighted by Crippen LogP contribution is -2.62. The molecular weight excluding hydrogens is 1060 g/mol. The zero-order valence-electron chi connectivity index (χ0n) is 45.6. The Hall–Kier alpha value is -7.87. The van der Waals surface area contributed by atoms with Gasteiger partial charge in [0.25, 0.3) is 0 Å². The summed E-state index contributed by atoms with van der Waals surface area (Å²) in [5.74, 6) is -11.5. The molecule has 1 aliphatic rings. The number of amides is 9. The summed E-state index contributed by atoms with van der Waals surface area (Å²) < 4.78 is 0. The summed E-state index contributed by atoms with van der Waals surface area (Å²) in [4.78, 5) is 156. The van der Waals surface area contributed by atoms with Gasteiger partial charge in [-0.1, -0.05) is 101 Å². The number of thiol groups is 1. The molecule has 3 aromatic rings. The van der Waals surface area contributed by atoms with E-state index in [0.717, 1.165) is 13.8 Å². The predicted octanol–water partition coefficient (Wildman–Crippen LogP) is -0.711. The smallest absolute Gasteiger partial charge is 0.326 e. The van der Waals surface area contributed by atoms with Crippen LogP contribution in [0.3, 0.4) is 0 Å². The van der Waals surface area contributed by atoms with Gasteiger partial charge in [-0.3, -0.25) is 47.9 Å². The Morgan fingerprint density at radius 3 is 1.61 bits per heavy atom. The van der Waals surface area contributed by atoms with Gasteiger partial charge in [0, 0.05) is 50.4 Å². The SMILES string of the molecule is CC[C@H](C)[C@H](NC(=O)[C@H](CS)NC(=O)[C@@H](NC(=O)[C@@H]1CCCN1C(=O)[C@H](Cc1ccccc1)NC(=O)[C@H](Cc1cnc[nH]1)NC(=O)[C@@H](NC(=O)[C@H](CC(=O)O)NC(C)=O)[C@@H](C)O)[C@@H](C)CC)C(=O)N[C@@H](Cc1ccccc1)C(=O)O. The number of H-pyrrole nitrogens is 1. The lowest BCUT2D eigenvalue weighted by molar-refractivity contribution is -0.143. The number of nitrogens with one attached hydrogen (secondary N) is 9. The molecule has 0 radical (unpaired) electrons. The van der Waals surface area contributed by atoms with Gasteiger partial charge in [0.1, 0.15) is 54.4 Å². The van der Waals surface area contributed by atoms with Crippen LogP contribution in [0.2, 0.25) is 0 Å². The molecule has 0 unspecified atom stereocenters. The minimum absolute atomic E-state index is 0.0169. The molecule has 12 atom stereocenters. The normalized spacial score (nSPS) is 17.1. The van der Waals surface area contributed by atoms with Crippen molar-refractivity contribution < 1.29 is 68.1 Å². The molecule has 0 bridgehead atoms. The van der Waals surface area contributed by atoms with Crippen molar-refractivity contribution in [3.63, 3.8) is 0 Å². The van der Waals surface area contributed by atoms with E-state index < -0.39 is 144 Å². The first-order valence-corrected chi connectivity index (χ1v) is 27.1. The molecule has 0 spiro atoms. The monoisotopic (exact) mass is 1130 g/mol. The maximum Gasteiger partial charge on any atom is 0.326 e. The number of carbonyl (C=O) groups excluding carboxylic acids is 9. The summed E-state index contributed by atoms with van der Waals surface area (Å²) in [5, 5.41) is 50.3. The predicted molar refractivity (Wildman–Crippen MR) is 293 cm³/mol. The average Bonchev–Trinajstić information content (AvgIpc) is 4.16. The number of imidazole rings is 1. The number of carboxylic acids is 2. The lowest BCUT2D eigenvalue weighted by Gasteiger charge is -2.32. The molecule has 436 valence electrons. The van der Waals surface area contributed by atoms with E-state index in [1.807, 2.05) is 0 Å². The summed E-state index contributed by atoms with van der Waals surface area (Å²) in [6.07, 6.45) is 1.16. The van der Waals surface area contributed by atoms with E-state index in [1.54, 1.807) is 88.4 Å². The number of carboxylic acid groups (broad SMARTS) is 2. The fourth-order valence-corrected chi connectivity index (χ4v) is 9.13. The Labute approximate surface area is 469 Å². The summed E-state index contributed by atoms with van der Waals surface area (Å²) in [6.45, 7) is 9.27. The summed E-state index contributed by atoms with van der Waals surface area (Å²) >= 11 is 4.32. The Morgan fingerprint density at radius 1 is 0.625 bits per heavy atom. The molecular formula is C54H75N11O14S. The van der Waals surface area contributed by atoms with E-state index in [1.165, 1.54) is 17.4 Å². The molecule has 1 fully saturated rings. The highest BCUT2D eigenvalue weighted by Gasteiger charge is 2.42. The second-order valence-corrected chi connectivity index (χ2v) is 20.3. The third kappa shape index (κ3) is 19.5. The quantitative estimate of drug-likeness (QED) is 0.0354. The van der Waals surface area contributed by atoms with E-state index in [2.05, 4.69) is 65.1 Å². The maximum atomic E-state index is 14.8. The number of hydrogen-bond acceptors (Lipinski definition) is 14. The van der Waals surface area contributed by atoms with E-state index in [9.17, 15) is 68.1 Å². The molecule has 1 aromatic heterocycles. The number of rotatable bonds is 31. The van der Waals surface area contributed by atoms with Crippen molar-refractivity contribution in [3.8, 4) is 0 Å². The van der Waals surface area contributed by atoms with Gasteiger partial charge in [-0.15, -0.1) is 0 Å². The fraction of sp³-hybridized carbons (Fsp3) is 0.519. The van der Waals surface area contributed by atoms with Crippen LogP contribution in [0, 0.1) is 11.8 Å². The van der Waals surface area contributed by atoms with Crippen molar-refractivity contribution in [2.45, 2.75) is 153 Å². The molecule has 0 aliphatic carbocycles. The Kier molecular flexibility index (Phi) is 25.6. The van der Waals surface area contributed by atoms with Crippen molar-refractivity contribution in [2.24, 2.45) is 11.8 Å². The molecule has 80 heavy (non-hydrogen) atoms. The number of aromatic nitrogens is 2. The van der Waals surface area contributed by atoms with Gasteiger partial charge in [0.2, 0.25) is 53.2 Å². The van der Waals surface area contributed by atoms with Crippen molar-refractivity contribution in [1.82, 2.24) is 57.4 Å². The first-order chi connectivity index (χ1) is 38.0. The number of aliphatic hydroxyl groups excluding tert-OH is 1. The molecule has 4 rings (SSSR count). The molecule has 1 saturated heterocycles. The largest absolute Gasteiger partial charge is 0.481 e. The Bertz CT molecular complexity index is 2600. The van der Waals surface area contributed by atoms with Crippen molar-refractivity contribution >= 4 is 77.7 Å². The highest BCUT2D eigenvalue weighted by atomic mass is 32.1. The Balaban J connectivity index is 1.55. The number of nitrogens with zero attached hydrogens (tertiary/aromatic N) is 2. The van der Waals surface area contributed by atoms with Gasteiger partial charge in [-0.25, -0.2) is 9.78 Å². The lowest BCUT2D eigenvalue weighted by atomic mass is 9.96. The first kappa shape index (κ1) is 64.7. The van der Waals surface area contributed by atoms with E-state index in [0.29, 0.717) is 36.1 Å². The van der Waals surface area contributed by atoms with Crippen LogP contribution in [-0.2, 0) is 72.0 Å². The van der Waals surface area contributed by atoms with Gasteiger partial charge in [-0.05, 0) is 42.7 Å². The van der Waals surface area contributed by atoms with E-state index in [4.69, 9.17) is 0 Å². The molecule has 1 aliphatic heterocycles. The fourth-order valence-electron chi connectivity index (χ4n) is 8.87. The van der Waals surface area contributed by atoms with E-state index >= 15 is 0 Å². The number of likely N-dealkylation sites (tertiary alicyclic amines) is 1. The first-order valence-electron chi connectivity index (χ1n) is 26.5. The summed E-state index contributed by atoms with van der Waals surface area (Å²) in [6, 6.07) is 4.78. The van der Waals surface area contributed by atoms with Crippen molar-refractivity contribution in [2.75, 3.05) is 12.3 Å². The zero-order valence-corrected chi connectivity index (χ0v) is 46.5. The summed E-state index contributed by atoms with van der Waals surface area (Å²) in [5.41, 5.74) is 1.62. The highest BCUT2D eigenvalue weighted by molar-refractivity contribution is 7.80. The van der Waals surface area contributed by atoms with Crippen molar-refractivity contribution in [1.29, 1.82) is 0 Å². The third-order valence-electron chi connectivity index (χ3n) is 13.8. The van der Waals surface area contributed by atoms with E-state index in [-0.39, 0.29) is 38.0 Å². The number of benzene rings is 2. The number of aliphatic hydroxyl groups is 1. The minimum Gasteiger partial charge on any atom is -0.481 e. The zero-order chi connectivity index (χ0) is 59.2. The van der Waals surface area contributed by atoms with Crippen LogP contribution in [0.1, 0.15) is 90.5 Å². The van der Waals surface area contributed by atoms with Gasteiger partial charge < -0.3 is 67.7 Å². The van der Waals surface area contributed by atoms with Crippen LogP contribution in [0.5, 0.6) is 0 Å². The Morgan fingerprint density at radius 2 is 1.11 bits per heavy atom. The molecule has 25 nitrogen and oxygen atoms in total. The standard InChI is InChI=1S/C54H75N11O14S/c1-7-29(3)43(50(74)60-39(54(78)79)23-34-18-13-10-14-19-34)62-48(72)40(27-80)61-51(75)44(30(4)8-2)63-49(73)41-20-15-21-65(41)53(77)38(22-33-16-11-9-12-17-33)59-46(70)36(24-35-26-55-28-56-35)58-52(76)45(31(5)66)64-47(71)37(25-42(68)69)57-32(6)67/h9-14,16-19,26,28-31,36-41,43-45,66,80H,7-8,15,20-25,27H2,1-6H3,(H,55,56)(H,57,67)(H,58,76)(H,59,70)(H,60,74)(H,61,75)(H,62,72)(H,63,73)(H,64,71)(H,68,69)(H,78,79)/t29-,30-,31+,36-,37-,38-,39-,40-,41-,43-,44-,45-/m0/s1. The van der Waals surface area contributed by atoms with Crippen LogP contribution < -0.4 is 42.5 Å².